The molecular weight excluding hydrogens is 250 g/mol. The molecule has 1 aliphatic rings. The predicted molar refractivity (Wildman–Crippen MR) is 74.0 cm³/mol. The molecule has 0 saturated carbocycles. The van der Waals surface area contributed by atoms with Crippen LogP contribution in [0.15, 0.2) is 12.1 Å². The molecule has 0 N–H and O–H groups in total. The van der Waals surface area contributed by atoms with Crippen LogP contribution < -0.4 is 9.47 Å². The second-order valence-corrected chi connectivity index (χ2v) is 4.93. The molecule has 4 heteroatoms. The number of benzene rings is 1. The van der Waals surface area contributed by atoms with Crippen LogP contribution >= 0.6 is 11.6 Å². The number of fused-ring (bicyclic) bond motifs is 1. The summed E-state index contributed by atoms with van der Waals surface area (Å²) in [5, 5.41) is 0. The maximum Gasteiger partial charge on any atom is 0.161 e. The van der Waals surface area contributed by atoms with Crippen molar-refractivity contribution in [2.24, 2.45) is 0 Å². The van der Waals surface area contributed by atoms with Gasteiger partial charge in [-0.05, 0) is 36.6 Å². The summed E-state index contributed by atoms with van der Waals surface area (Å²) < 4.78 is 10.7. The Morgan fingerprint density at radius 3 is 2.56 bits per heavy atom. The first-order valence-corrected chi connectivity index (χ1v) is 6.79. The van der Waals surface area contributed by atoms with E-state index in [4.69, 9.17) is 21.1 Å². The molecule has 3 nitrogen and oxygen atoms in total. The van der Waals surface area contributed by atoms with E-state index in [-0.39, 0.29) is 0 Å². The van der Waals surface area contributed by atoms with Gasteiger partial charge >= 0.3 is 0 Å². The van der Waals surface area contributed by atoms with Crippen molar-refractivity contribution in [3.05, 3.63) is 23.3 Å². The first kappa shape index (κ1) is 13.5. The second kappa shape index (κ2) is 5.81. The van der Waals surface area contributed by atoms with E-state index in [2.05, 4.69) is 24.0 Å². The number of methoxy groups -OCH3 is 2. The van der Waals surface area contributed by atoms with Gasteiger partial charge in [-0.25, -0.2) is 0 Å². The lowest BCUT2D eigenvalue weighted by molar-refractivity contribution is 0.210. The fourth-order valence-electron chi connectivity index (χ4n) is 2.61. The van der Waals surface area contributed by atoms with Crippen molar-refractivity contribution < 1.29 is 9.47 Å². The highest BCUT2D eigenvalue weighted by Crippen LogP contribution is 2.37. The van der Waals surface area contributed by atoms with E-state index in [0.717, 1.165) is 31.0 Å². The highest BCUT2D eigenvalue weighted by molar-refractivity contribution is 6.18. The molecule has 18 heavy (non-hydrogen) atoms. The van der Waals surface area contributed by atoms with E-state index in [1.54, 1.807) is 14.2 Å². The number of nitrogens with zero attached hydrogens (tertiary/aromatic N) is 1. The van der Waals surface area contributed by atoms with Crippen molar-refractivity contribution in [2.75, 3.05) is 33.2 Å². The number of hydrogen-bond donors (Lipinski definition) is 0. The molecule has 0 amide bonds. The van der Waals surface area contributed by atoms with Crippen LogP contribution in [-0.2, 0) is 6.42 Å². The zero-order valence-electron chi connectivity index (χ0n) is 11.2. The summed E-state index contributed by atoms with van der Waals surface area (Å²) in [6.45, 7) is 4.20. The van der Waals surface area contributed by atoms with Crippen molar-refractivity contribution in [1.82, 2.24) is 4.90 Å². The van der Waals surface area contributed by atoms with E-state index in [1.165, 1.54) is 11.1 Å². The Morgan fingerprint density at radius 1 is 1.28 bits per heavy atom. The minimum Gasteiger partial charge on any atom is -0.493 e. The standard InChI is InChI=1S/C14H20ClNO2/c1-10-12-9-14(18-3)13(17-2)8-11(12)4-6-16(10)7-5-15/h8-10H,4-7H2,1-3H3/t10-/m0/s1. The van der Waals surface area contributed by atoms with Gasteiger partial charge in [0.25, 0.3) is 0 Å². The average molecular weight is 270 g/mol. The van der Waals surface area contributed by atoms with Crippen molar-refractivity contribution in [3.8, 4) is 11.5 Å². The Balaban J connectivity index is 2.35. The van der Waals surface area contributed by atoms with Crippen LogP contribution in [0, 0.1) is 0 Å². The van der Waals surface area contributed by atoms with Crippen LogP contribution in [-0.4, -0.2) is 38.1 Å². The Hall–Kier alpha value is -0.930. The summed E-state index contributed by atoms with van der Waals surface area (Å²) in [6.07, 6.45) is 1.04. The summed E-state index contributed by atoms with van der Waals surface area (Å²) in [7, 11) is 3.35. The van der Waals surface area contributed by atoms with Crippen LogP contribution in [0.3, 0.4) is 0 Å². The third-order valence-electron chi connectivity index (χ3n) is 3.68. The summed E-state index contributed by atoms with van der Waals surface area (Å²) in [5.41, 5.74) is 2.68. The molecule has 0 unspecified atom stereocenters. The number of rotatable bonds is 4. The van der Waals surface area contributed by atoms with Gasteiger partial charge in [-0.2, -0.15) is 0 Å². The van der Waals surface area contributed by atoms with Gasteiger partial charge in [0.1, 0.15) is 0 Å². The Kier molecular flexibility index (Phi) is 4.36. The molecule has 0 saturated heterocycles. The summed E-state index contributed by atoms with van der Waals surface area (Å²) in [6, 6.07) is 4.58. The fraction of sp³-hybridized carbons (Fsp3) is 0.571. The van der Waals surface area contributed by atoms with Crippen molar-refractivity contribution in [3.63, 3.8) is 0 Å². The SMILES string of the molecule is COc1cc2c(cc1OC)[C@H](C)N(CCCl)CC2. The molecule has 2 rings (SSSR count). The van der Waals surface area contributed by atoms with E-state index in [0.29, 0.717) is 11.9 Å². The highest BCUT2D eigenvalue weighted by Gasteiger charge is 2.25. The molecule has 0 aliphatic carbocycles. The molecular formula is C14H20ClNO2. The Morgan fingerprint density at radius 2 is 1.94 bits per heavy atom. The quantitative estimate of drug-likeness (QED) is 0.785. The van der Waals surface area contributed by atoms with Gasteiger partial charge in [0.2, 0.25) is 0 Å². The van der Waals surface area contributed by atoms with E-state index in [1.807, 2.05) is 0 Å². The lowest BCUT2D eigenvalue weighted by Crippen LogP contribution is -2.35. The van der Waals surface area contributed by atoms with Crippen molar-refractivity contribution in [1.29, 1.82) is 0 Å². The molecule has 0 aromatic heterocycles. The summed E-state index contributed by atoms with van der Waals surface area (Å²) in [4.78, 5) is 2.40. The van der Waals surface area contributed by atoms with Gasteiger partial charge in [0.15, 0.2) is 11.5 Å². The molecule has 1 aliphatic heterocycles. The summed E-state index contributed by atoms with van der Waals surface area (Å²) >= 11 is 5.85. The van der Waals surface area contributed by atoms with Gasteiger partial charge in [0.05, 0.1) is 14.2 Å². The smallest absolute Gasteiger partial charge is 0.161 e. The third-order valence-corrected chi connectivity index (χ3v) is 3.85. The molecule has 0 bridgehead atoms. The lowest BCUT2D eigenvalue weighted by atomic mass is 9.93. The first-order chi connectivity index (χ1) is 8.71. The molecule has 0 radical (unpaired) electrons. The van der Waals surface area contributed by atoms with Crippen LogP contribution in [0.1, 0.15) is 24.1 Å². The maximum absolute atomic E-state index is 5.85. The number of ether oxygens (including phenoxy) is 2. The van der Waals surface area contributed by atoms with Crippen LogP contribution in [0.25, 0.3) is 0 Å². The highest BCUT2D eigenvalue weighted by atomic mass is 35.5. The molecule has 0 fully saturated rings. The fourth-order valence-corrected chi connectivity index (χ4v) is 2.83. The zero-order valence-corrected chi connectivity index (χ0v) is 12.0. The first-order valence-electron chi connectivity index (χ1n) is 6.26. The van der Waals surface area contributed by atoms with Gasteiger partial charge in [-0.3, -0.25) is 4.90 Å². The Labute approximate surface area is 114 Å². The van der Waals surface area contributed by atoms with Gasteiger partial charge in [-0.15, -0.1) is 11.6 Å². The maximum atomic E-state index is 5.85. The lowest BCUT2D eigenvalue weighted by Gasteiger charge is -2.35. The number of alkyl halides is 1. The van der Waals surface area contributed by atoms with E-state index < -0.39 is 0 Å². The number of halogens is 1. The molecule has 1 heterocycles. The van der Waals surface area contributed by atoms with E-state index in [9.17, 15) is 0 Å². The second-order valence-electron chi connectivity index (χ2n) is 4.56. The normalized spacial score (nSPS) is 19.4. The molecule has 0 spiro atoms. The van der Waals surface area contributed by atoms with Crippen LogP contribution in [0.2, 0.25) is 0 Å². The predicted octanol–water partition coefficient (Wildman–Crippen LogP) is 2.86. The van der Waals surface area contributed by atoms with E-state index >= 15 is 0 Å². The molecule has 100 valence electrons. The Bertz CT molecular complexity index is 423. The largest absolute Gasteiger partial charge is 0.493 e. The average Bonchev–Trinajstić information content (AvgIpc) is 2.41. The van der Waals surface area contributed by atoms with Crippen molar-refractivity contribution in [2.45, 2.75) is 19.4 Å². The number of hydrogen-bond acceptors (Lipinski definition) is 3. The monoisotopic (exact) mass is 269 g/mol. The molecule has 1 aromatic rings. The van der Waals surface area contributed by atoms with Gasteiger partial charge in [0, 0.05) is 25.0 Å². The molecule has 1 aromatic carbocycles. The zero-order chi connectivity index (χ0) is 13.1. The minimum atomic E-state index is 0.382. The van der Waals surface area contributed by atoms with Gasteiger partial charge in [-0.1, -0.05) is 0 Å². The third kappa shape index (κ3) is 2.43. The van der Waals surface area contributed by atoms with Crippen molar-refractivity contribution >= 4 is 11.6 Å². The summed E-state index contributed by atoms with van der Waals surface area (Å²) in [5.74, 6) is 2.29. The van der Waals surface area contributed by atoms with Crippen LogP contribution in [0.5, 0.6) is 11.5 Å². The molecule has 1 atom stereocenters. The van der Waals surface area contributed by atoms with Crippen LogP contribution in [0.4, 0.5) is 0 Å². The van der Waals surface area contributed by atoms with Gasteiger partial charge < -0.3 is 9.47 Å². The minimum absolute atomic E-state index is 0.382. The topological polar surface area (TPSA) is 21.7 Å².